The monoisotopic (exact) mass is 234 g/mol. The van der Waals surface area contributed by atoms with Gasteiger partial charge in [-0.1, -0.05) is 18.2 Å². The summed E-state index contributed by atoms with van der Waals surface area (Å²) in [5.74, 6) is 0.560. The average molecular weight is 234 g/mol. The number of aliphatic hydroxyl groups excluding tert-OH is 1. The van der Waals surface area contributed by atoms with Gasteiger partial charge in [-0.3, -0.25) is 9.59 Å². The minimum absolute atomic E-state index is 0.0824. The van der Waals surface area contributed by atoms with Gasteiger partial charge in [-0.15, -0.1) is 0 Å². The molecule has 5 heteroatoms. The number of esters is 1. The van der Waals surface area contributed by atoms with Gasteiger partial charge in [-0.2, -0.15) is 0 Å². The molecule has 0 bridgehead atoms. The van der Waals surface area contributed by atoms with Gasteiger partial charge < -0.3 is 9.84 Å². The number of rotatable bonds is 8. The molecule has 15 heavy (non-hydrogen) atoms. The first-order chi connectivity index (χ1) is 7.16. The summed E-state index contributed by atoms with van der Waals surface area (Å²) in [6.07, 6.45) is 3.04. The van der Waals surface area contributed by atoms with Crippen LogP contribution in [0.25, 0.3) is 0 Å². The standard InChI is InChI=1S/C10H18O4S/c1-9(12)15-8-4-2-3-5-10(13)14-7-6-11/h11H,2-8H2,1H3. The van der Waals surface area contributed by atoms with Gasteiger partial charge in [0.05, 0.1) is 6.61 Å². The maximum Gasteiger partial charge on any atom is 0.305 e. The van der Waals surface area contributed by atoms with E-state index >= 15 is 0 Å². The number of unbranched alkanes of at least 4 members (excludes halogenated alkanes) is 2. The summed E-state index contributed by atoms with van der Waals surface area (Å²) in [5, 5.41) is 8.53. The number of carbonyl (C=O) groups excluding carboxylic acids is 2. The van der Waals surface area contributed by atoms with Gasteiger partial charge in [-0.25, -0.2) is 0 Å². The van der Waals surface area contributed by atoms with E-state index in [4.69, 9.17) is 5.11 Å². The summed E-state index contributed by atoms with van der Waals surface area (Å²) in [7, 11) is 0. The van der Waals surface area contributed by atoms with Gasteiger partial charge in [0, 0.05) is 19.1 Å². The number of hydrogen-bond acceptors (Lipinski definition) is 5. The number of thioether (sulfide) groups is 1. The molecule has 0 saturated carbocycles. The molecule has 0 aromatic heterocycles. The molecule has 0 saturated heterocycles. The predicted molar refractivity (Wildman–Crippen MR) is 59.7 cm³/mol. The van der Waals surface area contributed by atoms with Crippen LogP contribution in [0.5, 0.6) is 0 Å². The van der Waals surface area contributed by atoms with Gasteiger partial charge in [0.15, 0.2) is 5.12 Å². The van der Waals surface area contributed by atoms with Crippen LogP contribution in [0.1, 0.15) is 32.6 Å². The SMILES string of the molecule is CC(=O)SCCCCCC(=O)OCCO. The fourth-order valence-corrected chi connectivity index (χ4v) is 1.63. The Balaban J connectivity index is 3.16. The molecule has 0 fully saturated rings. The molecule has 4 nitrogen and oxygen atoms in total. The van der Waals surface area contributed by atoms with Crippen molar-refractivity contribution in [3.8, 4) is 0 Å². The third-order valence-electron chi connectivity index (χ3n) is 1.68. The highest BCUT2D eigenvalue weighted by Crippen LogP contribution is 2.08. The second kappa shape index (κ2) is 9.98. The molecule has 1 N–H and O–H groups in total. The zero-order valence-corrected chi connectivity index (χ0v) is 9.85. The van der Waals surface area contributed by atoms with Gasteiger partial charge in [0.2, 0.25) is 0 Å². The van der Waals surface area contributed by atoms with Crippen LogP contribution < -0.4 is 0 Å². The average Bonchev–Trinajstić information content (AvgIpc) is 2.19. The normalized spacial score (nSPS) is 10.0. The second-order valence-electron chi connectivity index (χ2n) is 3.09. The Morgan fingerprint density at radius 2 is 2.00 bits per heavy atom. The number of carbonyl (C=O) groups is 2. The van der Waals surface area contributed by atoms with E-state index in [1.54, 1.807) is 6.92 Å². The number of ether oxygens (including phenoxy) is 1. The van der Waals surface area contributed by atoms with Gasteiger partial charge >= 0.3 is 5.97 Å². The molecule has 0 radical (unpaired) electrons. The van der Waals surface area contributed by atoms with Crippen LogP contribution in [0.3, 0.4) is 0 Å². The molecule has 0 aliphatic heterocycles. The van der Waals surface area contributed by atoms with Gasteiger partial charge in [0.1, 0.15) is 6.61 Å². The lowest BCUT2D eigenvalue weighted by atomic mass is 10.2. The summed E-state index contributed by atoms with van der Waals surface area (Å²) in [4.78, 5) is 21.5. The molecule has 0 rings (SSSR count). The highest BCUT2D eigenvalue weighted by Gasteiger charge is 2.01. The van der Waals surface area contributed by atoms with Crippen LogP contribution in [-0.2, 0) is 14.3 Å². The molecule has 0 spiro atoms. The van der Waals surface area contributed by atoms with Gasteiger partial charge in [-0.05, 0) is 12.8 Å². The third kappa shape index (κ3) is 11.4. The van der Waals surface area contributed by atoms with E-state index in [1.165, 1.54) is 11.8 Å². The van der Waals surface area contributed by atoms with E-state index in [1.807, 2.05) is 0 Å². The van der Waals surface area contributed by atoms with Crippen molar-refractivity contribution in [2.24, 2.45) is 0 Å². The summed E-state index contributed by atoms with van der Waals surface area (Å²) in [6, 6.07) is 0. The van der Waals surface area contributed by atoms with Crippen LogP contribution in [0, 0.1) is 0 Å². The van der Waals surface area contributed by atoms with Crippen LogP contribution in [0.15, 0.2) is 0 Å². The first-order valence-electron chi connectivity index (χ1n) is 5.06. The molecular formula is C10H18O4S. The molecule has 0 heterocycles. The summed E-state index contributed by atoms with van der Waals surface area (Å²) in [5.41, 5.74) is 0. The molecule has 0 aromatic carbocycles. The maximum absolute atomic E-state index is 11.0. The zero-order valence-electron chi connectivity index (χ0n) is 9.03. The van der Waals surface area contributed by atoms with E-state index in [9.17, 15) is 9.59 Å². The second-order valence-corrected chi connectivity index (χ2v) is 4.37. The Morgan fingerprint density at radius 1 is 1.27 bits per heavy atom. The highest BCUT2D eigenvalue weighted by molar-refractivity contribution is 8.13. The lowest BCUT2D eigenvalue weighted by Gasteiger charge is -2.02. The smallest absolute Gasteiger partial charge is 0.305 e. The molecule has 88 valence electrons. The Labute approximate surface area is 94.4 Å². The third-order valence-corrected chi connectivity index (χ3v) is 2.58. The van der Waals surface area contributed by atoms with Crippen molar-refractivity contribution < 1.29 is 19.4 Å². The fourth-order valence-electron chi connectivity index (χ4n) is 0.996. The van der Waals surface area contributed by atoms with Crippen molar-refractivity contribution in [2.75, 3.05) is 19.0 Å². The first-order valence-corrected chi connectivity index (χ1v) is 6.05. The number of aliphatic hydroxyl groups is 1. The maximum atomic E-state index is 11.0. The van der Waals surface area contributed by atoms with Crippen molar-refractivity contribution in [3.63, 3.8) is 0 Å². The molecule has 0 aromatic rings. The van der Waals surface area contributed by atoms with Crippen LogP contribution in [0.4, 0.5) is 0 Å². The van der Waals surface area contributed by atoms with E-state index in [-0.39, 0.29) is 24.3 Å². The van der Waals surface area contributed by atoms with E-state index in [0.29, 0.717) is 6.42 Å². The Kier molecular flexibility index (Phi) is 9.62. The molecule has 0 unspecified atom stereocenters. The molecular weight excluding hydrogens is 216 g/mol. The summed E-state index contributed by atoms with van der Waals surface area (Å²) >= 11 is 1.32. The van der Waals surface area contributed by atoms with Crippen LogP contribution >= 0.6 is 11.8 Å². The van der Waals surface area contributed by atoms with E-state index < -0.39 is 0 Å². The van der Waals surface area contributed by atoms with Crippen LogP contribution in [0.2, 0.25) is 0 Å². The van der Waals surface area contributed by atoms with Crippen LogP contribution in [-0.4, -0.2) is 35.2 Å². The quantitative estimate of drug-likeness (QED) is 0.507. The fraction of sp³-hybridized carbons (Fsp3) is 0.800. The zero-order chi connectivity index (χ0) is 11.5. The molecule has 0 aliphatic rings. The van der Waals surface area contributed by atoms with Crippen molar-refractivity contribution in [2.45, 2.75) is 32.6 Å². The van der Waals surface area contributed by atoms with Crippen molar-refractivity contribution in [3.05, 3.63) is 0 Å². The molecule has 0 aliphatic carbocycles. The van der Waals surface area contributed by atoms with Crippen molar-refractivity contribution in [1.82, 2.24) is 0 Å². The minimum Gasteiger partial charge on any atom is -0.463 e. The van der Waals surface area contributed by atoms with Crippen molar-refractivity contribution in [1.29, 1.82) is 0 Å². The summed E-state index contributed by atoms with van der Waals surface area (Å²) < 4.78 is 4.69. The van der Waals surface area contributed by atoms with E-state index in [2.05, 4.69) is 4.74 Å². The first kappa shape index (κ1) is 14.5. The lowest BCUT2D eigenvalue weighted by Crippen LogP contribution is -2.07. The van der Waals surface area contributed by atoms with Crippen molar-refractivity contribution >= 4 is 22.8 Å². The Bertz CT molecular complexity index is 194. The number of hydrogen-bond donors (Lipinski definition) is 1. The minimum atomic E-state index is -0.261. The lowest BCUT2D eigenvalue weighted by molar-refractivity contribution is -0.144. The Hall–Kier alpha value is -0.550. The molecule has 0 amide bonds. The topological polar surface area (TPSA) is 63.6 Å². The largest absolute Gasteiger partial charge is 0.463 e. The van der Waals surface area contributed by atoms with Gasteiger partial charge in [0.25, 0.3) is 0 Å². The van der Waals surface area contributed by atoms with E-state index in [0.717, 1.165) is 25.0 Å². The summed E-state index contributed by atoms with van der Waals surface area (Å²) in [6.45, 7) is 1.51. The predicted octanol–water partition coefficient (Wildman–Crippen LogP) is 1.36. The highest BCUT2D eigenvalue weighted by atomic mass is 32.2. The molecule has 0 atom stereocenters. The Morgan fingerprint density at radius 3 is 2.60 bits per heavy atom.